The molecule has 23 heavy (non-hydrogen) atoms. The van der Waals surface area contributed by atoms with Crippen molar-refractivity contribution in [1.29, 1.82) is 0 Å². The zero-order valence-electron chi connectivity index (χ0n) is 12.1. The van der Waals surface area contributed by atoms with Gasteiger partial charge in [0.1, 0.15) is 4.32 Å². The van der Waals surface area contributed by atoms with Gasteiger partial charge in [-0.25, -0.2) is 0 Å². The first-order valence-corrected chi connectivity index (χ1v) is 8.11. The van der Waals surface area contributed by atoms with Crippen LogP contribution in [0.1, 0.15) is 18.9 Å². The Hall–Kier alpha value is -2.06. The Kier molecular flexibility index (Phi) is 4.27. The van der Waals surface area contributed by atoms with Crippen LogP contribution in [-0.4, -0.2) is 33.9 Å². The number of carbonyl (C=O) groups is 2. The Morgan fingerprint density at radius 2 is 2.22 bits per heavy atom. The molecule has 1 amide bonds. The molecule has 8 heteroatoms. The standard InChI is InChI=1S/C15H13NO5S2/c1-2-9(14(18)19)16-13(17)12(23-15(16)22)6-8-3-4-10-11(5-8)21-7-20-10/h3-6,9H,2,7H2,1H3,(H,18,19)/p-1/b12-6-/t9-/m1/s1. The number of amides is 1. The summed E-state index contributed by atoms with van der Waals surface area (Å²) in [5.74, 6) is -0.477. The van der Waals surface area contributed by atoms with Gasteiger partial charge in [-0.1, -0.05) is 37.0 Å². The van der Waals surface area contributed by atoms with Gasteiger partial charge in [0.05, 0.1) is 16.9 Å². The molecule has 120 valence electrons. The molecule has 0 aliphatic carbocycles. The monoisotopic (exact) mass is 350 g/mol. The third-order valence-electron chi connectivity index (χ3n) is 3.49. The van der Waals surface area contributed by atoms with Crippen LogP contribution in [0.3, 0.4) is 0 Å². The minimum atomic E-state index is -1.31. The van der Waals surface area contributed by atoms with Crippen LogP contribution in [0.15, 0.2) is 23.1 Å². The molecule has 2 heterocycles. The van der Waals surface area contributed by atoms with E-state index < -0.39 is 17.9 Å². The van der Waals surface area contributed by atoms with Gasteiger partial charge in [0.15, 0.2) is 11.5 Å². The molecule has 0 spiro atoms. The summed E-state index contributed by atoms with van der Waals surface area (Å²) in [5.41, 5.74) is 0.747. The van der Waals surface area contributed by atoms with Gasteiger partial charge in [-0.05, 0) is 30.2 Å². The Morgan fingerprint density at radius 3 is 2.91 bits per heavy atom. The number of thioether (sulfide) groups is 1. The number of benzene rings is 1. The molecule has 0 saturated carbocycles. The lowest BCUT2D eigenvalue weighted by molar-refractivity contribution is -0.310. The maximum absolute atomic E-state index is 12.5. The van der Waals surface area contributed by atoms with Gasteiger partial charge >= 0.3 is 0 Å². The topological polar surface area (TPSA) is 78.9 Å². The quantitative estimate of drug-likeness (QED) is 0.595. The average molecular weight is 350 g/mol. The lowest BCUT2D eigenvalue weighted by Gasteiger charge is -2.26. The van der Waals surface area contributed by atoms with Gasteiger partial charge < -0.3 is 19.4 Å². The van der Waals surface area contributed by atoms with Crippen LogP contribution >= 0.6 is 24.0 Å². The molecule has 3 rings (SSSR count). The number of ether oxygens (including phenoxy) is 2. The second-order valence-corrected chi connectivity index (χ2v) is 6.58. The van der Waals surface area contributed by atoms with Crippen LogP contribution in [0.5, 0.6) is 11.5 Å². The summed E-state index contributed by atoms with van der Waals surface area (Å²) < 4.78 is 10.7. The number of nitrogens with zero attached hydrogens (tertiary/aromatic N) is 1. The van der Waals surface area contributed by atoms with Crippen LogP contribution in [-0.2, 0) is 9.59 Å². The van der Waals surface area contributed by atoms with Crippen molar-refractivity contribution in [1.82, 2.24) is 4.90 Å². The molecule has 0 radical (unpaired) electrons. The second kappa shape index (κ2) is 6.21. The van der Waals surface area contributed by atoms with E-state index in [1.807, 2.05) is 0 Å². The minimum absolute atomic E-state index is 0.171. The lowest BCUT2D eigenvalue weighted by atomic mass is 10.1. The Balaban J connectivity index is 1.88. The molecular weight excluding hydrogens is 338 g/mol. The van der Waals surface area contributed by atoms with Crippen LogP contribution in [0.2, 0.25) is 0 Å². The fourth-order valence-corrected chi connectivity index (χ4v) is 3.71. The molecule has 1 saturated heterocycles. The molecule has 0 bridgehead atoms. The summed E-state index contributed by atoms with van der Waals surface area (Å²) in [6, 6.07) is 4.25. The SMILES string of the molecule is CC[C@H](C(=O)[O-])N1C(=O)/C(=C/c2ccc3c(c2)OCO3)SC1=S. The lowest BCUT2D eigenvalue weighted by Crippen LogP contribution is -2.49. The summed E-state index contributed by atoms with van der Waals surface area (Å²) in [6.07, 6.45) is 1.88. The van der Waals surface area contributed by atoms with E-state index in [0.717, 1.165) is 22.2 Å². The third kappa shape index (κ3) is 2.91. The largest absolute Gasteiger partial charge is 0.548 e. The Morgan fingerprint density at radius 1 is 1.48 bits per heavy atom. The van der Waals surface area contributed by atoms with Crippen molar-refractivity contribution >= 4 is 46.3 Å². The highest BCUT2D eigenvalue weighted by molar-refractivity contribution is 8.26. The number of carboxylic acids is 1. The van der Waals surface area contributed by atoms with Crippen LogP contribution in [0.4, 0.5) is 0 Å². The zero-order chi connectivity index (χ0) is 16.6. The number of hydrogen-bond acceptors (Lipinski definition) is 7. The van der Waals surface area contributed by atoms with Crippen molar-refractivity contribution in [3.05, 3.63) is 28.7 Å². The molecule has 2 aliphatic heterocycles. The number of hydrogen-bond donors (Lipinski definition) is 0. The predicted molar refractivity (Wildman–Crippen MR) is 86.7 cm³/mol. The van der Waals surface area contributed by atoms with Gasteiger partial charge in [-0.2, -0.15) is 0 Å². The fraction of sp³-hybridized carbons (Fsp3) is 0.267. The van der Waals surface area contributed by atoms with E-state index in [0.29, 0.717) is 16.4 Å². The van der Waals surface area contributed by atoms with Gasteiger partial charge in [0, 0.05) is 0 Å². The summed E-state index contributed by atoms with van der Waals surface area (Å²) in [5, 5.41) is 11.2. The summed E-state index contributed by atoms with van der Waals surface area (Å²) in [4.78, 5) is 25.1. The smallest absolute Gasteiger partial charge is 0.266 e. The highest BCUT2D eigenvalue weighted by Gasteiger charge is 2.37. The summed E-state index contributed by atoms with van der Waals surface area (Å²) >= 11 is 6.22. The first kappa shape index (κ1) is 15.8. The van der Waals surface area contributed by atoms with Crippen LogP contribution in [0, 0.1) is 0 Å². The summed E-state index contributed by atoms with van der Waals surface area (Å²) in [6.45, 7) is 1.84. The highest BCUT2D eigenvalue weighted by Crippen LogP contribution is 2.37. The number of carbonyl (C=O) groups excluding carboxylic acids is 2. The molecule has 2 aliphatic rings. The molecular formula is C15H12NO5S2-. The summed E-state index contributed by atoms with van der Waals surface area (Å²) in [7, 11) is 0. The minimum Gasteiger partial charge on any atom is -0.548 e. The zero-order valence-corrected chi connectivity index (χ0v) is 13.7. The van der Waals surface area contributed by atoms with E-state index in [4.69, 9.17) is 21.7 Å². The second-order valence-electron chi connectivity index (χ2n) is 4.91. The molecule has 1 atom stereocenters. The molecule has 1 aromatic rings. The number of aliphatic carboxylic acids is 1. The van der Waals surface area contributed by atoms with Gasteiger partial charge in [-0.3, -0.25) is 9.69 Å². The Labute approximate surface area is 142 Å². The molecule has 0 N–H and O–H groups in total. The Bertz CT molecular complexity index is 731. The highest BCUT2D eigenvalue weighted by atomic mass is 32.2. The van der Waals surface area contributed by atoms with Gasteiger partial charge in [-0.15, -0.1) is 0 Å². The maximum atomic E-state index is 12.5. The van der Waals surface area contributed by atoms with E-state index >= 15 is 0 Å². The number of carboxylic acid groups (broad SMARTS) is 1. The van der Waals surface area contributed by atoms with Crippen LogP contribution < -0.4 is 14.6 Å². The van der Waals surface area contributed by atoms with E-state index in [1.54, 1.807) is 31.2 Å². The number of fused-ring (bicyclic) bond motifs is 1. The third-order valence-corrected chi connectivity index (χ3v) is 4.82. The first-order valence-electron chi connectivity index (χ1n) is 6.89. The van der Waals surface area contributed by atoms with Crippen molar-refractivity contribution in [3.8, 4) is 11.5 Å². The first-order chi connectivity index (χ1) is 11.0. The van der Waals surface area contributed by atoms with Crippen molar-refractivity contribution in [2.24, 2.45) is 0 Å². The van der Waals surface area contributed by atoms with E-state index in [9.17, 15) is 14.7 Å². The predicted octanol–water partition coefficient (Wildman–Crippen LogP) is 1.15. The van der Waals surface area contributed by atoms with E-state index in [1.165, 1.54) is 0 Å². The molecule has 1 aromatic carbocycles. The van der Waals surface area contributed by atoms with Crippen molar-refractivity contribution < 1.29 is 24.2 Å². The number of thiocarbonyl (C=S) groups is 1. The van der Waals surface area contributed by atoms with Crippen LogP contribution in [0.25, 0.3) is 6.08 Å². The fourth-order valence-electron chi connectivity index (χ4n) is 2.36. The van der Waals surface area contributed by atoms with Gasteiger partial charge in [0.2, 0.25) is 6.79 Å². The van der Waals surface area contributed by atoms with Gasteiger partial charge in [0.25, 0.3) is 5.91 Å². The van der Waals surface area contributed by atoms with Crippen molar-refractivity contribution in [2.75, 3.05) is 6.79 Å². The van der Waals surface area contributed by atoms with E-state index in [2.05, 4.69) is 0 Å². The van der Waals surface area contributed by atoms with Crippen molar-refractivity contribution in [2.45, 2.75) is 19.4 Å². The van der Waals surface area contributed by atoms with E-state index in [-0.39, 0.29) is 17.5 Å². The molecule has 0 aromatic heterocycles. The maximum Gasteiger partial charge on any atom is 0.266 e. The van der Waals surface area contributed by atoms with Crippen molar-refractivity contribution in [3.63, 3.8) is 0 Å². The number of rotatable bonds is 4. The molecule has 1 fully saturated rings. The molecule has 6 nitrogen and oxygen atoms in total. The molecule has 0 unspecified atom stereocenters. The average Bonchev–Trinajstić information content (AvgIpc) is 3.07. The normalized spacial score (nSPS) is 19.5.